The smallest absolute Gasteiger partial charge is 0.193 e. The third-order valence-electron chi connectivity index (χ3n) is 4.72. The first-order valence-electron chi connectivity index (χ1n) is 8.36. The third-order valence-corrected chi connectivity index (χ3v) is 4.72. The number of aryl methyl sites for hydroxylation is 1. The number of rotatable bonds is 4. The molecule has 0 spiro atoms. The number of hydrogen-bond donors (Lipinski definition) is 1. The normalized spacial score (nSPS) is 19.7. The minimum atomic E-state index is 0. The zero-order valence-corrected chi connectivity index (χ0v) is 17.9. The van der Waals surface area contributed by atoms with E-state index in [2.05, 4.69) is 77.3 Å². The molecule has 0 aliphatic carbocycles. The van der Waals surface area contributed by atoms with Crippen molar-refractivity contribution in [1.29, 1.82) is 0 Å². The summed E-state index contributed by atoms with van der Waals surface area (Å²) in [7, 11) is 8.35. The van der Waals surface area contributed by atoms with Gasteiger partial charge in [0, 0.05) is 52.9 Å². The fourth-order valence-corrected chi connectivity index (χ4v) is 3.03. The van der Waals surface area contributed by atoms with Gasteiger partial charge in [0.25, 0.3) is 0 Å². The van der Waals surface area contributed by atoms with Crippen LogP contribution in [0.1, 0.15) is 11.1 Å². The van der Waals surface area contributed by atoms with Gasteiger partial charge in [-0.25, -0.2) is 0 Å². The Bertz CT molecular complexity index is 534. The summed E-state index contributed by atoms with van der Waals surface area (Å²) in [5, 5.41) is 3.54. The lowest BCUT2D eigenvalue weighted by Crippen LogP contribution is -2.55. The summed E-state index contributed by atoms with van der Waals surface area (Å²) in [5.41, 5.74) is 2.66. The second-order valence-electron chi connectivity index (χ2n) is 6.61. The van der Waals surface area contributed by atoms with E-state index >= 15 is 0 Å². The average molecular weight is 445 g/mol. The number of aliphatic imine (C=N–C) groups is 1. The molecule has 6 heteroatoms. The van der Waals surface area contributed by atoms with E-state index in [0.29, 0.717) is 6.04 Å². The molecule has 0 amide bonds. The quantitative estimate of drug-likeness (QED) is 0.436. The highest BCUT2D eigenvalue weighted by Gasteiger charge is 2.22. The van der Waals surface area contributed by atoms with Crippen LogP contribution in [0.4, 0.5) is 0 Å². The van der Waals surface area contributed by atoms with Crippen molar-refractivity contribution < 1.29 is 0 Å². The number of halogens is 1. The number of guanidine groups is 1. The molecule has 1 aliphatic rings. The SMILES string of the molecule is CN=C(NCC1CN(C)CCN1C)N(C)Cc1ccccc1C.I. The highest BCUT2D eigenvalue weighted by atomic mass is 127. The number of nitrogens with zero attached hydrogens (tertiary/aromatic N) is 4. The largest absolute Gasteiger partial charge is 0.355 e. The van der Waals surface area contributed by atoms with Crippen LogP contribution in [-0.2, 0) is 6.54 Å². The van der Waals surface area contributed by atoms with Crippen LogP contribution in [0.15, 0.2) is 29.3 Å². The van der Waals surface area contributed by atoms with Crippen LogP contribution in [0, 0.1) is 6.92 Å². The summed E-state index contributed by atoms with van der Waals surface area (Å²) in [4.78, 5) is 11.5. The second-order valence-corrected chi connectivity index (χ2v) is 6.61. The summed E-state index contributed by atoms with van der Waals surface area (Å²) in [6.07, 6.45) is 0. The standard InChI is InChI=1S/C18H31N5.HI/c1-15-8-6-7-9-16(15)13-23(5)18(19-2)20-12-17-14-21(3)10-11-22(17)4;/h6-9,17H,10-14H2,1-5H3,(H,19,20);1H. The molecule has 0 bridgehead atoms. The van der Waals surface area contributed by atoms with Gasteiger partial charge in [0.1, 0.15) is 0 Å². The predicted octanol–water partition coefficient (Wildman–Crippen LogP) is 1.87. The Morgan fingerprint density at radius 3 is 2.67 bits per heavy atom. The minimum absolute atomic E-state index is 0. The van der Waals surface area contributed by atoms with Gasteiger partial charge in [-0.1, -0.05) is 24.3 Å². The van der Waals surface area contributed by atoms with Crippen LogP contribution < -0.4 is 5.32 Å². The van der Waals surface area contributed by atoms with Crippen molar-refractivity contribution in [2.24, 2.45) is 4.99 Å². The van der Waals surface area contributed by atoms with Gasteiger partial charge in [-0.2, -0.15) is 0 Å². The molecule has 24 heavy (non-hydrogen) atoms. The van der Waals surface area contributed by atoms with E-state index in [9.17, 15) is 0 Å². The molecule has 0 aromatic heterocycles. The number of nitrogens with one attached hydrogen (secondary N) is 1. The Hall–Kier alpha value is -0.860. The van der Waals surface area contributed by atoms with Crippen LogP contribution in [-0.4, -0.2) is 81.1 Å². The maximum atomic E-state index is 4.44. The molecule has 136 valence electrons. The van der Waals surface area contributed by atoms with Crippen molar-refractivity contribution >= 4 is 29.9 Å². The highest BCUT2D eigenvalue weighted by Crippen LogP contribution is 2.10. The van der Waals surface area contributed by atoms with Gasteiger partial charge in [-0.05, 0) is 32.1 Å². The van der Waals surface area contributed by atoms with E-state index in [-0.39, 0.29) is 24.0 Å². The first-order chi connectivity index (χ1) is 11.0. The molecule has 1 aromatic rings. The molecule has 0 saturated carbocycles. The molecule has 2 rings (SSSR count). The summed E-state index contributed by atoms with van der Waals surface area (Å²) in [6, 6.07) is 9.05. The van der Waals surface area contributed by atoms with Crippen molar-refractivity contribution in [2.45, 2.75) is 19.5 Å². The molecule has 1 unspecified atom stereocenters. The fraction of sp³-hybridized carbons (Fsp3) is 0.611. The topological polar surface area (TPSA) is 34.1 Å². The van der Waals surface area contributed by atoms with Crippen molar-refractivity contribution in [3.05, 3.63) is 35.4 Å². The van der Waals surface area contributed by atoms with Crippen molar-refractivity contribution in [3.63, 3.8) is 0 Å². The van der Waals surface area contributed by atoms with E-state index in [4.69, 9.17) is 0 Å². The Labute approximate surface area is 164 Å². The lowest BCUT2D eigenvalue weighted by molar-refractivity contribution is 0.116. The van der Waals surface area contributed by atoms with Crippen LogP contribution in [0.2, 0.25) is 0 Å². The van der Waals surface area contributed by atoms with Gasteiger partial charge in [0.05, 0.1) is 0 Å². The minimum Gasteiger partial charge on any atom is -0.355 e. The molecular formula is C18H32IN5. The molecule has 1 aliphatic heterocycles. The molecule has 0 radical (unpaired) electrons. The maximum absolute atomic E-state index is 4.44. The van der Waals surface area contributed by atoms with Crippen molar-refractivity contribution in [3.8, 4) is 0 Å². The van der Waals surface area contributed by atoms with Gasteiger partial charge in [0.2, 0.25) is 0 Å². The zero-order valence-electron chi connectivity index (χ0n) is 15.6. The third kappa shape index (κ3) is 5.89. The summed E-state index contributed by atoms with van der Waals surface area (Å²) < 4.78 is 0. The highest BCUT2D eigenvalue weighted by molar-refractivity contribution is 14.0. The number of hydrogen-bond acceptors (Lipinski definition) is 3. The van der Waals surface area contributed by atoms with Gasteiger partial charge in [-0.3, -0.25) is 9.89 Å². The van der Waals surface area contributed by atoms with Crippen molar-refractivity contribution in [2.75, 3.05) is 54.4 Å². The Morgan fingerprint density at radius 1 is 1.29 bits per heavy atom. The molecule has 1 saturated heterocycles. The number of piperazine rings is 1. The van der Waals surface area contributed by atoms with Gasteiger partial charge in [-0.15, -0.1) is 24.0 Å². The Morgan fingerprint density at radius 2 is 2.00 bits per heavy atom. The molecule has 1 atom stereocenters. The second kappa shape index (κ2) is 10.2. The van der Waals surface area contributed by atoms with Gasteiger partial charge < -0.3 is 15.1 Å². The first-order valence-corrected chi connectivity index (χ1v) is 8.36. The van der Waals surface area contributed by atoms with Crippen LogP contribution in [0.25, 0.3) is 0 Å². The lowest BCUT2D eigenvalue weighted by Gasteiger charge is -2.38. The number of likely N-dealkylation sites (N-methyl/N-ethyl adjacent to an activating group) is 2. The molecule has 1 heterocycles. The predicted molar refractivity (Wildman–Crippen MR) is 113 cm³/mol. The van der Waals surface area contributed by atoms with Gasteiger partial charge in [0.15, 0.2) is 5.96 Å². The van der Waals surface area contributed by atoms with E-state index in [0.717, 1.165) is 38.7 Å². The summed E-state index contributed by atoms with van der Waals surface area (Å²) >= 11 is 0. The Kier molecular flexibility index (Phi) is 9.01. The molecule has 5 nitrogen and oxygen atoms in total. The van der Waals surface area contributed by atoms with Crippen LogP contribution in [0.5, 0.6) is 0 Å². The zero-order chi connectivity index (χ0) is 16.8. The monoisotopic (exact) mass is 445 g/mol. The van der Waals surface area contributed by atoms with Crippen LogP contribution >= 0.6 is 24.0 Å². The summed E-state index contributed by atoms with van der Waals surface area (Å²) in [6.45, 7) is 7.32. The average Bonchev–Trinajstić information content (AvgIpc) is 2.53. The van der Waals surface area contributed by atoms with E-state index < -0.39 is 0 Å². The van der Waals surface area contributed by atoms with Gasteiger partial charge >= 0.3 is 0 Å². The number of benzene rings is 1. The van der Waals surface area contributed by atoms with Crippen LogP contribution in [0.3, 0.4) is 0 Å². The molecule has 1 aromatic carbocycles. The first kappa shape index (κ1) is 21.2. The van der Waals surface area contributed by atoms with Crippen molar-refractivity contribution in [1.82, 2.24) is 20.0 Å². The van der Waals surface area contributed by atoms with E-state index in [1.807, 2.05) is 7.05 Å². The Balaban J connectivity index is 0.00000288. The van der Waals surface area contributed by atoms with E-state index in [1.54, 1.807) is 0 Å². The molecule has 1 fully saturated rings. The van der Waals surface area contributed by atoms with E-state index in [1.165, 1.54) is 11.1 Å². The maximum Gasteiger partial charge on any atom is 0.193 e. The molecular weight excluding hydrogens is 413 g/mol. The lowest BCUT2D eigenvalue weighted by atomic mass is 10.1. The fourth-order valence-electron chi connectivity index (χ4n) is 3.03. The molecule has 1 N–H and O–H groups in total. The summed E-state index contributed by atoms with van der Waals surface area (Å²) in [5.74, 6) is 0.954.